The zero-order valence-corrected chi connectivity index (χ0v) is 13.8. The number of aliphatic hydroxyl groups excluding tert-OH is 1. The van der Waals surface area contributed by atoms with Crippen molar-refractivity contribution >= 4 is 5.82 Å². The van der Waals surface area contributed by atoms with Crippen molar-refractivity contribution in [2.45, 2.75) is 19.3 Å². The van der Waals surface area contributed by atoms with Crippen molar-refractivity contribution in [2.75, 3.05) is 31.7 Å². The van der Waals surface area contributed by atoms with Crippen LogP contribution in [0.5, 0.6) is 5.88 Å². The molecule has 1 aromatic carbocycles. The van der Waals surface area contributed by atoms with Gasteiger partial charge in [0.15, 0.2) is 0 Å². The Labute approximate surface area is 141 Å². The molecule has 2 aromatic rings. The molecule has 0 saturated carbocycles. The van der Waals surface area contributed by atoms with Gasteiger partial charge in [-0.3, -0.25) is 0 Å². The number of rotatable bonds is 5. The summed E-state index contributed by atoms with van der Waals surface area (Å²) in [6.45, 7) is 1.48. The second-order valence-electron chi connectivity index (χ2n) is 6.37. The van der Waals surface area contributed by atoms with Crippen molar-refractivity contribution in [3.05, 3.63) is 48.0 Å². The van der Waals surface area contributed by atoms with Crippen LogP contribution < -0.4 is 9.64 Å². The second kappa shape index (κ2) is 7.13. The summed E-state index contributed by atoms with van der Waals surface area (Å²) in [5, 5.41) is 10.1. The molecule has 0 bridgehead atoms. The highest BCUT2D eigenvalue weighted by atomic mass is 19.1. The molecule has 1 aromatic heterocycles. The van der Waals surface area contributed by atoms with Crippen LogP contribution in [0.2, 0.25) is 0 Å². The molecular weight excluding hydrogens is 309 g/mol. The first-order valence-corrected chi connectivity index (χ1v) is 8.11. The summed E-state index contributed by atoms with van der Waals surface area (Å²) in [5.74, 6) is 1.06. The molecule has 6 heteroatoms. The molecule has 2 heterocycles. The number of hydrogen-bond donors (Lipinski definition) is 1. The minimum atomic E-state index is -0.376. The summed E-state index contributed by atoms with van der Waals surface area (Å²) in [7, 11) is 1.57. The number of methoxy groups -OCH3 is 1. The Bertz CT molecular complexity index is 697. The van der Waals surface area contributed by atoms with Gasteiger partial charge in [0.25, 0.3) is 0 Å². The Kier molecular flexibility index (Phi) is 4.94. The lowest BCUT2D eigenvalue weighted by Gasteiger charge is -2.42. The van der Waals surface area contributed by atoms with E-state index in [0.29, 0.717) is 24.4 Å². The van der Waals surface area contributed by atoms with E-state index in [4.69, 9.17) is 4.74 Å². The first-order chi connectivity index (χ1) is 11.7. The van der Waals surface area contributed by atoms with Gasteiger partial charge in [-0.15, -0.1) is 0 Å². The van der Waals surface area contributed by atoms with Crippen molar-refractivity contribution in [3.8, 4) is 5.88 Å². The van der Waals surface area contributed by atoms with E-state index in [2.05, 4.69) is 14.9 Å². The van der Waals surface area contributed by atoms with E-state index in [0.717, 1.165) is 25.2 Å². The molecule has 0 radical (unpaired) electrons. The first-order valence-electron chi connectivity index (χ1n) is 8.11. The van der Waals surface area contributed by atoms with Crippen LogP contribution in [0.3, 0.4) is 0 Å². The summed E-state index contributed by atoms with van der Waals surface area (Å²) in [6.07, 6.45) is 3.76. The Morgan fingerprint density at radius 1 is 1.33 bits per heavy atom. The molecule has 0 amide bonds. The fourth-order valence-corrected chi connectivity index (χ4v) is 3.39. The minimum Gasteiger partial charge on any atom is -0.481 e. The van der Waals surface area contributed by atoms with E-state index < -0.39 is 0 Å². The maximum Gasteiger partial charge on any atom is 0.218 e. The van der Waals surface area contributed by atoms with Crippen molar-refractivity contribution < 1.29 is 14.2 Å². The zero-order chi connectivity index (χ0) is 17.0. The van der Waals surface area contributed by atoms with Gasteiger partial charge >= 0.3 is 0 Å². The molecule has 0 spiro atoms. The number of hydrogen-bond acceptors (Lipinski definition) is 5. The van der Waals surface area contributed by atoms with Crippen molar-refractivity contribution in [3.63, 3.8) is 0 Å². The van der Waals surface area contributed by atoms with E-state index in [1.807, 2.05) is 6.07 Å². The number of piperidine rings is 1. The minimum absolute atomic E-state index is 0.0139. The van der Waals surface area contributed by atoms with E-state index in [9.17, 15) is 9.50 Å². The van der Waals surface area contributed by atoms with Crippen LogP contribution in [0.15, 0.2) is 36.7 Å². The van der Waals surface area contributed by atoms with Crippen molar-refractivity contribution in [2.24, 2.45) is 5.41 Å². The van der Waals surface area contributed by atoms with Gasteiger partial charge in [-0.1, -0.05) is 18.2 Å². The number of nitrogens with zero attached hydrogens (tertiary/aromatic N) is 3. The number of ether oxygens (including phenoxy) is 1. The van der Waals surface area contributed by atoms with Crippen LogP contribution in [0, 0.1) is 11.2 Å². The standard InChI is InChI=1S/C18H22FN3O2/c1-24-17-9-16(20-13-21-17)22-8-4-7-18(11-22,12-23)10-14-5-2-3-6-15(14)19/h2-3,5-6,9,13,23H,4,7-8,10-12H2,1H3/t18-/m1/s1. The topological polar surface area (TPSA) is 58.5 Å². The summed E-state index contributed by atoms with van der Waals surface area (Å²) in [5.41, 5.74) is 0.271. The summed E-state index contributed by atoms with van der Waals surface area (Å²) < 4.78 is 19.2. The second-order valence-corrected chi connectivity index (χ2v) is 6.37. The predicted molar refractivity (Wildman–Crippen MR) is 89.7 cm³/mol. The van der Waals surface area contributed by atoms with Crippen LogP contribution in [-0.4, -0.2) is 41.9 Å². The van der Waals surface area contributed by atoms with E-state index in [1.165, 1.54) is 12.4 Å². The summed E-state index contributed by atoms with van der Waals surface area (Å²) in [6, 6.07) is 8.57. The molecule has 1 atom stereocenters. The number of benzene rings is 1. The lowest BCUT2D eigenvalue weighted by Crippen LogP contribution is -2.47. The maximum atomic E-state index is 14.0. The third-order valence-electron chi connectivity index (χ3n) is 4.68. The number of halogens is 1. The van der Waals surface area contributed by atoms with Crippen LogP contribution in [0.1, 0.15) is 18.4 Å². The maximum absolute atomic E-state index is 14.0. The average molecular weight is 331 g/mol. The van der Waals surface area contributed by atoms with E-state index in [1.54, 1.807) is 25.3 Å². The van der Waals surface area contributed by atoms with Crippen LogP contribution >= 0.6 is 0 Å². The monoisotopic (exact) mass is 331 g/mol. The SMILES string of the molecule is COc1cc(N2CCC[C@@](CO)(Cc3ccccc3F)C2)ncn1. The zero-order valence-electron chi connectivity index (χ0n) is 13.8. The summed E-state index contributed by atoms with van der Waals surface area (Å²) in [4.78, 5) is 10.5. The molecule has 1 aliphatic rings. The van der Waals surface area contributed by atoms with E-state index >= 15 is 0 Å². The highest BCUT2D eigenvalue weighted by molar-refractivity contribution is 5.42. The lowest BCUT2D eigenvalue weighted by molar-refractivity contribution is 0.104. The van der Waals surface area contributed by atoms with Crippen LogP contribution in [-0.2, 0) is 6.42 Å². The van der Waals surface area contributed by atoms with Gasteiger partial charge in [0.2, 0.25) is 5.88 Å². The Balaban J connectivity index is 1.82. The Morgan fingerprint density at radius 2 is 2.17 bits per heavy atom. The molecule has 0 unspecified atom stereocenters. The van der Waals surface area contributed by atoms with Gasteiger partial charge < -0.3 is 14.7 Å². The van der Waals surface area contributed by atoms with Gasteiger partial charge in [0.05, 0.1) is 13.7 Å². The molecule has 128 valence electrons. The van der Waals surface area contributed by atoms with Gasteiger partial charge in [0.1, 0.15) is 18.0 Å². The lowest BCUT2D eigenvalue weighted by atomic mass is 9.75. The molecule has 1 fully saturated rings. The normalized spacial score (nSPS) is 20.9. The van der Waals surface area contributed by atoms with Gasteiger partial charge in [0, 0.05) is 24.6 Å². The molecule has 1 saturated heterocycles. The molecule has 3 rings (SSSR count). The molecule has 5 nitrogen and oxygen atoms in total. The fraction of sp³-hybridized carbons (Fsp3) is 0.444. The highest BCUT2D eigenvalue weighted by Crippen LogP contribution is 2.35. The highest BCUT2D eigenvalue weighted by Gasteiger charge is 2.36. The molecular formula is C18H22FN3O2. The predicted octanol–water partition coefficient (Wildman–Crippen LogP) is 2.45. The molecule has 1 aliphatic heterocycles. The number of aliphatic hydroxyl groups is 1. The third kappa shape index (κ3) is 3.48. The molecule has 1 N–H and O–H groups in total. The van der Waals surface area contributed by atoms with Gasteiger partial charge in [-0.2, -0.15) is 0 Å². The smallest absolute Gasteiger partial charge is 0.218 e. The molecule has 24 heavy (non-hydrogen) atoms. The average Bonchev–Trinajstić information content (AvgIpc) is 2.64. The van der Waals surface area contributed by atoms with Crippen molar-refractivity contribution in [1.82, 2.24) is 9.97 Å². The van der Waals surface area contributed by atoms with Gasteiger partial charge in [-0.05, 0) is 30.9 Å². The van der Waals surface area contributed by atoms with Crippen LogP contribution in [0.25, 0.3) is 0 Å². The van der Waals surface area contributed by atoms with Gasteiger partial charge in [-0.25, -0.2) is 14.4 Å². The van der Waals surface area contributed by atoms with Crippen LogP contribution in [0.4, 0.5) is 10.2 Å². The Morgan fingerprint density at radius 3 is 2.92 bits per heavy atom. The third-order valence-corrected chi connectivity index (χ3v) is 4.68. The number of aromatic nitrogens is 2. The largest absolute Gasteiger partial charge is 0.481 e. The van der Waals surface area contributed by atoms with E-state index in [-0.39, 0.29) is 17.8 Å². The molecule has 0 aliphatic carbocycles. The quantitative estimate of drug-likeness (QED) is 0.912. The first kappa shape index (κ1) is 16.6. The Hall–Kier alpha value is -2.21. The van der Waals surface area contributed by atoms with Crippen molar-refractivity contribution in [1.29, 1.82) is 0 Å². The number of anilines is 1. The fourth-order valence-electron chi connectivity index (χ4n) is 3.39. The summed E-state index contributed by atoms with van der Waals surface area (Å²) >= 11 is 0.